The molecular formula is C16H24N2O. The van der Waals surface area contributed by atoms with Crippen LogP contribution >= 0.6 is 0 Å². The number of anilines is 1. The first-order chi connectivity index (χ1) is 9.31. The molecule has 1 aromatic rings. The molecule has 0 heterocycles. The molecule has 0 saturated heterocycles. The van der Waals surface area contributed by atoms with Gasteiger partial charge in [-0.3, -0.25) is 4.79 Å². The average molecular weight is 260 g/mol. The number of benzene rings is 1. The van der Waals surface area contributed by atoms with E-state index in [0.29, 0.717) is 6.04 Å². The second-order valence-electron chi connectivity index (χ2n) is 5.24. The van der Waals surface area contributed by atoms with Crippen LogP contribution in [0.2, 0.25) is 0 Å². The Bertz CT molecular complexity index is 409. The minimum atomic E-state index is 0.0588. The van der Waals surface area contributed by atoms with Gasteiger partial charge in [-0.15, -0.1) is 0 Å². The quantitative estimate of drug-likeness (QED) is 0.813. The lowest BCUT2D eigenvalue weighted by atomic mass is 10.1. The Hall–Kier alpha value is -1.51. The van der Waals surface area contributed by atoms with E-state index < -0.39 is 0 Å². The van der Waals surface area contributed by atoms with Crippen LogP contribution in [0.5, 0.6) is 0 Å². The molecule has 0 radical (unpaired) electrons. The van der Waals surface area contributed by atoms with E-state index in [0.717, 1.165) is 30.6 Å². The van der Waals surface area contributed by atoms with Crippen molar-refractivity contribution >= 4 is 11.6 Å². The van der Waals surface area contributed by atoms with Crippen molar-refractivity contribution in [3.8, 4) is 0 Å². The summed E-state index contributed by atoms with van der Waals surface area (Å²) in [6.45, 7) is 2.87. The second kappa shape index (κ2) is 7.17. The third-order valence-electron chi connectivity index (χ3n) is 3.73. The van der Waals surface area contributed by atoms with E-state index >= 15 is 0 Å². The molecule has 0 atom stereocenters. The fraction of sp³-hybridized carbons (Fsp3) is 0.562. The van der Waals surface area contributed by atoms with Crippen LogP contribution in [0.15, 0.2) is 24.3 Å². The summed E-state index contributed by atoms with van der Waals surface area (Å²) in [5.41, 5.74) is 1.68. The molecule has 3 heteroatoms. The lowest BCUT2D eigenvalue weighted by Gasteiger charge is -2.17. The van der Waals surface area contributed by atoms with E-state index in [1.54, 1.807) is 0 Å². The van der Waals surface area contributed by atoms with Crippen molar-refractivity contribution < 1.29 is 4.79 Å². The Morgan fingerprint density at radius 3 is 2.53 bits per heavy atom. The molecule has 2 N–H and O–H groups in total. The number of amides is 1. The van der Waals surface area contributed by atoms with Gasteiger partial charge in [0.15, 0.2) is 0 Å². The average Bonchev–Trinajstić information content (AvgIpc) is 2.68. The first-order valence-corrected chi connectivity index (χ1v) is 7.45. The Morgan fingerprint density at radius 1 is 1.16 bits per heavy atom. The predicted octanol–water partition coefficient (Wildman–Crippen LogP) is 3.57. The van der Waals surface area contributed by atoms with E-state index in [1.807, 2.05) is 31.2 Å². The number of carbonyl (C=O) groups excluding carboxylic acids is 1. The van der Waals surface area contributed by atoms with Gasteiger partial charge in [0.2, 0.25) is 0 Å². The number of carbonyl (C=O) groups is 1. The fourth-order valence-corrected chi connectivity index (χ4v) is 2.71. The van der Waals surface area contributed by atoms with Crippen molar-refractivity contribution in [1.82, 2.24) is 5.32 Å². The van der Waals surface area contributed by atoms with Crippen molar-refractivity contribution in [3.63, 3.8) is 0 Å². The Balaban J connectivity index is 2.02. The number of para-hydroxylation sites is 1. The summed E-state index contributed by atoms with van der Waals surface area (Å²) in [4.78, 5) is 12.4. The van der Waals surface area contributed by atoms with Gasteiger partial charge >= 0.3 is 0 Å². The number of hydrogen-bond acceptors (Lipinski definition) is 2. The first kappa shape index (κ1) is 13.9. The molecule has 19 heavy (non-hydrogen) atoms. The van der Waals surface area contributed by atoms with E-state index in [4.69, 9.17) is 0 Å². The predicted molar refractivity (Wildman–Crippen MR) is 79.6 cm³/mol. The zero-order valence-corrected chi connectivity index (χ0v) is 11.7. The molecule has 2 rings (SSSR count). The van der Waals surface area contributed by atoms with Crippen molar-refractivity contribution in [2.24, 2.45) is 0 Å². The van der Waals surface area contributed by atoms with Crippen molar-refractivity contribution in [2.45, 2.75) is 51.5 Å². The third-order valence-corrected chi connectivity index (χ3v) is 3.73. The van der Waals surface area contributed by atoms with Crippen LogP contribution in [0.3, 0.4) is 0 Å². The molecule has 1 aliphatic carbocycles. The molecular weight excluding hydrogens is 236 g/mol. The smallest absolute Gasteiger partial charge is 0.253 e. The van der Waals surface area contributed by atoms with Crippen LogP contribution in [0.4, 0.5) is 5.69 Å². The van der Waals surface area contributed by atoms with Crippen LogP contribution in [-0.4, -0.2) is 18.5 Å². The van der Waals surface area contributed by atoms with Gasteiger partial charge in [0, 0.05) is 18.3 Å². The SMILES string of the molecule is CCNc1ccccc1C(=O)NC1CCCCCC1. The minimum absolute atomic E-state index is 0.0588. The molecule has 104 valence electrons. The minimum Gasteiger partial charge on any atom is -0.385 e. The van der Waals surface area contributed by atoms with Crippen molar-refractivity contribution in [1.29, 1.82) is 0 Å². The molecule has 1 aliphatic rings. The number of rotatable bonds is 4. The summed E-state index contributed by atoms with van der Waals surface area (Å²) in [6, 6.07) is 8.09. The highest BCUT2D eigenvalue weighted by Crippen LogP contribution is 2.19. The highest BCUT2D eigenvalue weighted by molar-refractivity contribution is 5.99. The van der Waals surface area contributed by atoms with Gasteiger partial charge < -0.3 is 10.6 Å². The van der Waals surface area contributed by atoms with Gasteiger partial charge in [-0.2, -0.15) is 0 Å². The molecule has 1 aromatic carbocycles. The lowest BCUT2D eigenvalue weighted by Crippen LogP contribution is -2.34. The molecule has 3 nitrogen and oxygen atoms in total. The van der Waals surface area contributed by atoms with Gasteiger partial charge in [-0.25, -0.2) is 0 Å². The normalized spacial score (nSPS) is 16.7. The van der Waals surface area contributed by atoms with Gasteiger partial charge in [-0.05, 0) is 31.9 Å². The third kappa shape index (κ3) is 3.98. The Labute approximate surface area is 115 Å². The zero-order valence-electron chi connectivity index (χ0n) is 11.7. The van der Waals surface area contributed by atoms with Gasteiger partial charge in [0.05, 0.1) is 5.56 Å². The molecule has 0 aromatic heterocycles. The number of hydrogen-bond donors (Lipinski definition) is 2. The highest BCUT2D eigenvalue weighted by atomic mass is 16.1. The first-order valence-electron chi connectivity index (χ1n) is 7.45. The molecule has 1 fully saturated rings. The summed E-state index contributed by atoms with van der Waals surface area (Å²) in [5, 5.41) is 6.44. The molecule has 1 amide bonds. The Morgan fingerprint density at radius 2 is 1.84 bits per heavy atom. The molecule has 0 aliphatic heterocycles. The molecule has 0 unspecified atom stereocenters. The van der Waals surface area contributed by atoms with Crippen LogP contribution < -0.4 is 10.6 Å². The van der Waals surface area contributed by atoms with Crippen molar-refractivity contribution in [2.75, 3.05) is 11.9 Å². The monoisotopic (exact) mass is 260 g/mol. The Kier molecular flexibility index (Phi) is 5.25. The largest absolute Gasteiger partial charge is 0.385 e. The van der Waals surface area contributed by atoms with Gasteiger partial charge in [0.25, 0.3) is 5.91 Å². The zero-order chi connectivity index (χ0) is 13.5. The van der Waals surface area contributed by atoms with Crippen LogP contribution in [0, 0.1) is 0 Å². The molecule has 0 spiro atoms. The van der Waals surface area contributed by atoms with Crippen LogP contribution in [0.25, 0.3) is 0 Å². The highest BCUT2D eigenvalue weighted by Gasteiger charge is 2.17. The summed E-state index contributed by atoms with van der Waals surface area (Å²) >= 11 is 0. The second-order valence-corrected chi connectivity index (χ2v) is 5.24. The maximum absolute atomic E-state index is 12.4. The maximum atomic E-state index is 12.4. The topological polar surface area (TPSA) is 41.1 Å². The fourth-order valence-electron chi connectivity index (χ4n) is 2.71. The lowest BCUT2D eigenvalue weighted by molar-refractivity contribution is 0.0934. The number of nitrogens with one attached hydrogen (secondary N) is 2. The van der Waals surface area contributed by atoms with E-state index in [1.165, 1.54) is 25.7 Å². The molecule has 1 saturated carbocycles. The van der Waals surface area contributed by atoms with Crippen molar-refractivity contribution in [3.05, 3.63) is 29.8 Å². The summed E-state index contributed by atoms with van der Waals surface area (Å²) < 4.78 is 0. The van der Waals surface area contributed by atoms with E-state index in [-0.39, 0.29) is 5.91 Å². The van der Waals surface area contributed by atoms with E-state index in [9.17, 15) is 4.79 Å². The standard InChI is InChI=1S/C16H24N2O/c1-2-17-15-12-8-7-11-14(15)16(19)18-13-9-5-3-4-6-10-13/h7-8,11-13,17H,2-6,9-10H2,1H3,(H,18,19). The summed E-state index contributed by atoms with van der Waals surface area (Å²) in [5.74, 6) is 0.0588. The summed E-state index contributed by atoms with van der Waals surface area (Å²) in [6.07, 6.45) is 7.32. The van der Waals surface area contributed by atoms with Crippen LogP contribution in [0.1, 0.15) is 55.8 Å². The summed E-state index contributed by atoms with van der Waals surface area (Å²) in [7, 11) is 0. The van der Waals surface area contributed by atoms with Gasteiger partial charge in [0.1, 0.15) is 0 Å². The van der Waals surface area contributed by atoms with E-state index in [2.05, 4.69) is 10.6 Å². The van der Waals surface area contributed by atoms with Crippen LogP contribution in [-0.2, 0) is 0 Å². The van der Waals surface area contributed by atoms with Gasteiger partial charge in [-0.1, -0.05) is 37.8 Å². The molecule has 0 bridgehead atoms. The maximum Gasteiger partial charge on any atom is 0.253 e.